The van der Waals surface area contributed by atoms with Crippen molar-refractivity contribution in [2.24, 2.45) is 5.73 Å². The molecule has 0 spiro atoms. The maximum absolute atomic E-state index is 13.2. The van der Waals surface area contributed by atoms with Crippen molar-refractivity contribution >= 4 is 0 Å². The van der Waals surface area contributed by atoms with E-state index in [1.807, 2.05) is 18.2 Å². The Morgan fingerprint density at radius 3 is 2.55 bits per heavy atom. The highest BCUT2D eigenvalue weighted by atomic mass is 19.1. The minimum Gasteiger partial charge on any atom is -0.377 e. The van der Waals surface area contributed by atoms with Crippen molar-refractivity contribution in [3.05, 3.63) is 71.0 Å². The third kappa shape index (κ3) is 4.44. The van der Waals surface area contributed by atoms with Gasteiger partial charge < -0.3 is 10.5 Å². The van der Waals surface area contributed by atoms with E-state index in [0.29, 0.717) is 19.8 Å². The largest absolute Gasteiger partial charge is 0.377 e. The molecule has 0 saturated heterocycles. The molecule has 0 fully saturated rings. The minimum absolute atomic E-state index is 0.245. The van der Waals surface area contributed by atoms with Gasteiger partial charge in [-0.3, -0.25) is 0 Å². The van der Waals surface area contributed by atoms with Crippen molar-refractivity contribution in [3.8, 4) is 0 Å². The van der Waals surface area contributed by atoms with Gasteiger partial charge in [0.05, 0.1) is 6.61 Å². The summed E-state index contributed by atoms with van der Waals surface area (Å²) in [5.74, 6) is -0.245. The highest BCUT2D eigenvalue weighted by molar-refractivity contribution is 5.27. The summed E-state index contributed by atoms with van der Waals surface area (Å²) < 4.78 is 18.8. The molecule has 0 aliphatic heterocycles. The molecule has 0 bridgehead atoms. The highest BCUT2D eigenvalue weighted by Crippen LogP contribution is 2.12. The third-order valence-electron chi connectivity index (χ3n) is 3.24. The fourth-order valence-corrected chi connectivity index (χ4v) is 2.13. The third-order valence-corrected chi connectivity index (χ3v) is 3.24. The van der Waals surface area contributed by atoms with E-state index in [9.17, 15) is 4.39 Å². The van der Waals surface area contributed by atoms with Crippen LogP contribution in [0.4, 0.5) is 4.39 Å². The van der Waals surface area contributed by atoms with Crippen LogP contribution < -0.4 is 5.73 Å². The van der Waals surface area contributed by atoms with Crippen LogP contribution in [0, 0.1) is 5.82 Å². The second-order valence-corrected chi connectivity index (χ2v) is 4.76. The molecule has 106 valence electrons. The molecule has 2 aromatic carbocycles. The van der Waals surface area contributed by atoms with Crippen molar-refractivity contribution in [2.75, 3.05) is 6.61 Å². The molecule has 0 saturated carbocycles. The number of rotatable bonds is 7. The highest BCUT2D eigenvalue weighted by Gasteiger charge is 2.03. The Morgan fingerprint density at radius 2 is 1.80 bits per heavy atom. The first-order valence-corrected chi connectivity index (χ1v) is 6.88. The van der Waals surface area contributed by atoms with Gasteiger partial charge in [0, 0.05) is 13.2 Å². The molecule has 2 rings (SSSR count). The monoisotopic (exact) mass is 273 g/mol. The fourth-order valence-electron chi connectivity index (χ4n) is 2.13. The van der Waals surface area contributed by atoms with Gasteiger partial charge in [0.2, 0.25) is 0 Å². The normalized spacial score (nSPS) is 10.7. The van der Waals surface area contributed by atoms with Crippen LogP contribution in [0.5, 0.6) is 0 Å². The molecular formula is C17H20FNO. The van der Waals surface area contributed by atoms with E-state index < -0.39 is 0 Å². The van der Waals surface area contributed by atoms with Crippen LogP contribution in [-0.4, -0.2) is 6.61 Å². The van der Waals surface area contributed by atoms with Crippen molar-refractivity contribution in [3.63, 3.8) is 0 Å². The van der Waals surface area contributed by atoms with Gasteiger partial charge in [-0.25, -0.2) is 4.39 Å². The van der Waals surface area contributed by atoms with Crippen molar-refractivity contribution < 1.29 is 9.13 Å². The predicted octanol–water partition coefficient (Wildman–Crippen LogP) is 3.43. The van der Waals surface area contributed by atoms with Crippen molar-refractivity contribution in [2.45, 2.75) is 26.0 Å². The summed E-state index contributed by atoms with van der Waals surface area (Å²) >= 11 is 0. The molecule has 0 unspecified atom stereocenters. The standard InChI is InChI=1S/C17H20FNO/c18-17-9-8-15(12-19)16(11-17)13-20-10-4-7-14-5-2-1-3-6-14/h1-3,5-6,8-9,11H,4,7,10,12-13,19H2. The first kappa shape index (κ1) is 14.7. The van der Waals surface area contributed by atoms with Crippen molar-refractivity contribution in [1.29, 1.82) is 0 Å². The van der Waals surface area contributed by atoms with Crippen LogP contribution in [0.1, 0.15) is 23.1 Å². The Kier molecular flexibility index (Phi) is 5.71. The van der Waals surface area contributed by atoms with Crippen LogP contribution in [0.2, 0.25) is 0 Å². The van der Waals surface area contributed by atoms with E-state index in [2.05, 4.69) is 12.1 Å². The molecule has 3 heteroatoms. The summed E-state index contributed by atoms with van der Waals surface area (Å²) in [6.07, 6.45) is 1.95. The van der Waals surface area contributed by atoms with Gasteiger partial charge in [-0.15, -0.1) is 0 Å². The molecule has 2 nitrogen and oxygen atoms in total. The Hall–Kier alpha value is -1.71. The minimum atomic E-state index is -0.245. The molecule has 0 radical (unpaired) electrons. The molecule has 20 heavy (non-hydrogen) atoms. The predicted molar refractivity (Wildman–Crippen MR) is 78.7 cm³/mol. The molecule has 0 heterocycles. The van der Waals surface area contributed by atoms with Crippen molar-refractivity contribution in [1.82, 2.24) is 0 Å². The number of benzene rings is 2. The lowest BCUT2D eigenvalue weighted by Crippen LogP contribution is -2.05. The molecule has 0 amide bonds. The number of aryl methyl sites for hydroxylation is 1. The van der Waals surface area contributed by atoms with Crippen LogP contribution >= 0.6 is 0 Å². The SMILES string of the molecule is NCc1ccc(F)cc1COCCCc1ccccc1. The molecule has 2 N–H and O–H groups in total. The lowest BCUT2D eigenvalue weighted by molar-refractivity contribution is 0.118. The zero-order chi connectivity index (χ0) is 14.2. The summed E-state index contributed by atoms with van der Waals surface area (Å²) in [5.41, 5.74) is 8.72. The second-order valence-electron chi connectivity index (χ2n) is 4.76. The Labute approximate surface area is 119 Å². The number of hydrogen-bond acceptors (Lipinski definition) is 2. The van der Waals surface area contributed by atoms with Gasteiger partial charge in [0.1, 0.15) is 5.82 Å². The molecular weight excluding hydrogens is 253 g/mol. The zero-order valence-corrected chi connectivity index (χ0v) is 11.5. The van der Waals surface area contributed by atoms with E-state index in [1.54, 1.807) is 6.07 Å². The maximum atomic E-state index is 13.2. The Balaban J connectivity index is 1.75. The van der Waals surface area contributed by atoms with Gasteiger partial charge in [-0.1, -0.05) is 36.4 Å². The summed E-state index contributed by atoms with van der Waals surface area (Å²) in [6.45, 7) is 1.48. The molecule has 0 aliphatic carbocycles. The summed E-state index contributed by atoms with van der Waals surface area (Å²) in [6, 6.07) is 15.0. The van der Waals surface area contributed by atoms with Gasteiger partial charge >= 0.3 is 0 Å². The summed E-state index contributed by atoms with van der Waals surface area (Å²) in [4.78, 5) is 0. The smallest absolute Gasteiger partial charge is 0.123 e. The molecule has 2 aromatic rings. The van der Waals surface area contributed by atoms with Gasteiger partial charge in [-0.05, 0) is 41.7 Å². The van der Waals surface area contributed by atoms with E-state index in [0.717, 1.165) is 24.0 Å². The zero-order valence-electron chi connectivity index (χ0n) is 11.5. The lowest BCUT2D eigenvalue weighted by atomic mass is 10.1. The van der Waals surface area contributed by atoms with E-state index in [-0.39, 0.29) is 5.82 Å². The fraction of sp³-hybridized carbons (Fsp3) is 0.294. The Morgan fingerprint density at radius 1 is 1.00 bits per heavy atom. The quantitative estimate of drug-likeness (QED) is 0.784. The van der Waals surface area contributed by atoms with Crippen LogP contribution in [0.3, 0.4) is 0 Å². The lowest BCUT2D eigenvalue weighted by Gasteiger charge is -2.09. The first-order valence-electron chi connectivity index (χ1n) is 6.88. The summed E-state index contributed by atoms with van der Waals surface area (Å²) in [7, 11) is 0. The first-order chi connectivity index (χ1) is 9.79. The second kappa shape index (κ2) is 7.78. The van der Waals surface area contributed by atoms with Crippen LogP contribution in [0.15, 0.2) is 48.5 Å². The average molecular weight is 273 g/mol. The van der Waals surface area contributed by atoms with E-state index in [4.69, 9.17) is 10.5 Å². The number of halogens is 1. The van der Waals surface area contributed by atoms with Gasteiger partial charge in [0.15, 0.2) is 0 Å². The van der Waals surface area contributed by atoms with Crippen LogP contribution in [-0.2, 0) is 24.3 Å². The van der Waals surface area contributed by atoms with E-state index in [1.165, 1.54) is 17.7 Å². The number of nitrogens with two attached hydrogens (primary N) is 1. The molecule has 0 aliphatic rings. The number of hydrogen-bond donors (Lipinski definition) is 1. The number of ether oxygens (including phenoxy) is 1. The summed E-state index contributed by atoms with van der Waals surface area (Å²) in [5, 5.41) is 0. The van der Waals surface area contributed by atoms with Gasteiger partial charge in [0.25, 0.3) is 0 Å². The maximum Gasteiger partial charge on any atom is 0.123 e. The van der Waals surface area contributed by atoms with Gasteiger partial charge in [-0.2, -0.15) is 0 Å². The average Bonchev–Trinajstić information content (AvgIpc) is 2.48. The Bertz CT molecular complexity index is 528. The molecule has 0 atom stereocenters. The topological polar surface area (TPSA) is 35.2 Å². The van der Waals surface area contributed by atoms with Crippen LogP contribution in [0.25, 0.3) is 0 Å². The molecule has 0 aromatic heterocycles. The van der Waals surface area contributed by atoms with E-state index >= 15 is 0 Å².